The lowest BCUT2D eigenvalue weighted by atomic mass is 9.96. The molecule has 9 nitrogen and oxygen atoms in total. The summed E-state index contributed by atoms with van der Waals surface area (Å²) in [6, 6.07) is 7.45. The molecule has 0 saturated carbocycles. The number of hydrogen-bond donors (Lipinski definition) is 3. The molecule has 0 bridgehead atoms. The van der Waals surface area contributed by atoms with Gasteiger partial charge in [-0.1, -0.05) is 25.0 Å². The lowest BCUT2D eigenvalue weighted by Crippen LogP contribution is -2.52. The number of aromatic amines is 1. The van der Waals surface area contributed by atoms with Crippen molar-refractivity contribution in [1.82, 2.24) is 25.3 Å². The van der Waals surface area contributed by atoms with Gasteiger partial charge in [0.2, 0.25) is 5.91 Å². The van der Waals surface area contributed by atoms with E-state index in [4.69, 9.17) is 4.74 Å². The number of carbonyl (C=O) groups is 2. The maximum atomic E-state index is 13.4. The molecule has 2 atom stereocenters. The van der Waals surface area contributed by atoms with Crippen LogP contribution in [-0.2, 0) is 24.2 Å². The molecule has 2 amide bonds. The number of methoxy groups -OCH3 is 1. The molecule has 9 heteroatoms. The van der Waals surface area contributed by atoms with Crippen molar-refractivity contribution < 1.29 is 19.4 Å². The Bertz CT molecular complexity index is 1090. The zero-order chi connectivity index (χ0) is 25.8. The van der Waals surface area contributed by atoms with Gasteiger partial charge in [-0.15, -0.1) is 0 Å². The minimum absolute atomic E-state index is 0.0190. The number of H-pyrrole nitrogens is 1. The van der Waals surface area contributed by atoms with Crippen LogP contribution in [0.4, 0.5) is 0 Å². The molecular weight excluding hydrogens is 470 g/mol. The number of aliphatic hydroxyl groups is 1. The van der Waals surface area contributed by atoms with E-state index in [2.05, 4.69) is 20.4 Å². The molecule has 2 aromatic rings. The van der Waals surface area contributed by atoms with E-state index >= 15 is 0 Å². The third-order valence-electron chi connectivity index (χ3n) is 8.20. The van der Waals surface area contributed by atoms with E-state index in [1.165, 1.54) is 12.8 Å². The van der Waals surface area contributed by atoms with Crippen molar-refractivity contribution in [2.45, 2.75) is 82.5 Å². The van der Waals surface area contributed by atoms with Gasteiger partial charge in [0.25, 0.3) is 5.91 Å². The normalized spacial score (nSPS) is 23.2. The number of benzene rings is 1. The van der Waals surface area contributed by atoms with E-state index in [1.54, 1.807) is 7.11 Å². The highest BCUT2D eigenvalue weighted by atomic mass is 16.5. The van der Waals surface area contributed by atoms with Crippen molar-refractivity contribution in [1.29, 1.82) is 0 Å². The summed E-state index contributed by atoms with van der Waals surface area (Å²) in [5.41, 5.74) is 3.81. The predicted molar refractivity (Wildman–Crippen MR) is 139 cm³/mol. The van der Waals surface area contributed by atoms with Gasteiger partial charge in [-0.3, -0.25) is 19.6 Å². The van der Waals surface area contributed by atoms with Gasteiger partial charge < -0.3 is 20.1 Å². The molecule has 3 aliphatic rings. The minimum atomic E-state index is -0.518. The van der Waals surface area contributed by atoms with Crippen molar-refractivity contribution in [3.05, 3.63) is 46.8 Å². The smallest absolute Gasteiger partial charge is 0.274 e. The SMILES string of the molecule is COc1cccc(CNC(=O)[C@@H]2C[C@@H](O)CN2C2CCN(C(=O)c3n[nH]c4c3CCCCCC4)CC2)c1. The summed E-state index contributed by atoms with van der Waals surface area (Å²) >= 11 is 0. The van der Waals surface area contributed by atoms with Gasteiger partial charge in [-0.25, -0.2) is 0 Å². The summed E-state index contributed by atoms with van der Waals surface area (Å²) in [7, 11) is 1.62. The molecule has 200 valence electrons. The lowest BCUT2D eigenvalue weighted by Gasteiger charge is -2.38. The quantitative estimate of drug-likeness (QED) is 0.552. The van der Waals surface area contributed by atoms with Gasteiger partial charge in [-0.2, -0.15) is 5.10 Å². The summed E-state index contributed by atoms with van der Waals surface area (Å²) in [5.74, 6) is 0.714. The van der Waals surface area contributed by atoms with E-state index in [-0.39, 0.29) is 23.9 Å². The van der Waals surface area contributed by atoms with Gasteiger partial charge in [0.15, 0.2) is 5.69 Å². The van der Waals surface area contributed by atoms with Crippen molar-refractivity contribution in [3.8, 4) is 5.75 Å². The number of fused-ring (bicyclic) bond motifs is 1. The molecule has 0 unspecified atom stereocenters. The minimum Gasteiger partial charge on any atom is -0.497 e. The van der Waals surface area contributed by atoms with Crippen LogP contribution in [0.1, 0.15) is 72.3 Å². The third kappa shape index (κ3) is 5.83. The standard InChI is InChI=1S/C28H39N5O4/c1-37-22-8-6-7-19(15-22)17-29-27(35)25-16-21(34)18-33(25)20-11-13-32(14-12-20)28(36)26-23-9-4-2-3-5-10-24(23)30-31-26/h6-8,15,20-21,25,34H,2-5,9-14,16-18H2,1H3,(H,29,35)(H,30,31)/t21-,25+/m1/s1. The molecule has 0 spiro atoms. The average Bonchev–Trinajstić information content (AvgIpc) is 3.49. The van der Waals surface area contributed by atoms with Gasteiger partial charge in [0, 0.05) is 43.5 Å². The molecule has 2 aliphatic heterocycles. The number of aromatic nitrogens is 2. The Morgan fingerprint density at radius 2 is 1.95 bits per heavy atom. The number of hydrogen-bond acceptors (Lipinski definition) is 6. The molecule has 2 fully saturated rings. The molecule has 3 heterocycles. The first-order valence-electron chi connectivity index (χ1n) is 13.7. The van der Waals surface area contributed by atoms with Crippen molar-refractivity contribution >= 4 is 11.8 Å². The van der Waals surface area contributed by atoms with Gasteiger partial charge in [-0.05, 0) is 62.6 Å². The van der Waals surface area contributed by atoms with Crippen molar-refractivity contribution in [2.24, 2.45) is 0 Å². The zero-order valence-electron chi connectivity index (χ0n) is 21.7. The number of aliphatic hydroxyl groups excluding tert-OH is 1. The van der Waals surface area contributed by atoms with Crippen LogP contribution < -0.4 is 10.1 Å². The molecular formula is C28H39N5O4. The first-order chi connectivity index (χ1) is 18.0. The predicted octanol–water partition coefficient (Wildman–Crippen LogP) is 2.43. The summed E-state index contributed by atoms with van der Waals surface area (Å²) in [4.78, 5) is 30.5. The highest BCUT2D eigenvalue weighted by Crippen LogP contribution is 2.28. The third-order valence-corrected chi connectivity index (χ3v) is 8.20. The fourth-order valence-corrected chi connectivity index (χ4v) is 6.15. The summed E-state index contributed by atoms with van der Waals surface area (Å²) in [6.07, 6.45) is 8.06. The lowest BCUT2D eigenvalue weighted by molar-refractivity contribution is -0.126. The first kappa shape index (κ1) is 25.7. The molecule has 1 aromatic heterocycles. The summed E-state index contributed by atoms with van der Waals surface area (Å²) in [5, 5.41) is 21.0. The van der Waals surface area contributed by atoms with Crippen LogP contribution >= 0.6 is 0 Å². The second-order valence-electron chi connectivity index (χ2n) is 10.6. The van der Waals surface area contributed by atoms with Crippen LogP contribution in [0.3, 0.4) is 0 Å². The average molecular weight is 510 g/mol. The van der Waals surface area contributed by atoms with Gasteiger partial charge >= 0.3 is 0 Å². The van der Waals surface area contributed by atoms with Crippen LogP contribution in [0.25, 0.3) is 0 Å². The molecule has 1 aliphatic carbocycles. The van der Waals surface area contributed by atoms with Gasteiger partial charge in [0.05, 0.1) is 19.3 Å². The molecule has 37 heavy (non-hydrogen) atoms. The second-order valence-corrected chi connectivity index (χ2v) is 10.6. The van der Waals surface area contributed by atoms with Gasteiger partial charge in [0.1, 0.15) is 5.75 Å². The monoisotopic (exact) mass is 509 g/mol. The van der Waals surface area contributed by atoms with Crippen LogP contribution in [0.5, 0.6) is 5.75 Å². The molecule has 2 saturated heterocycles. The number of carbonyl (C=O) groups excluding carboxylic acids is 2. The zero-order valence-corrected chi connectivity index (χ0v) is 21.7. The Hall–Kier alpha value is -2.91. The van der Waals surface area contributed by atoms with Crippen LogP contribution in [0.15, 0.2) is 24.3 Å². The number of ether oxygens (including phenoxy) is 1. The fourth-order valence-electron chi connectivity index (χ4n) is 6.15. The second kappa shape index (κ2) is 11.6. The molecule has 3 N–H and O–H groups in total. The highest BCUT2D eigenvalue weighted by Gasteiger charge is 2.41. The highest BCUT2D eigenvalue weighted by molar-refractivity contribution is 5.94. The molecule has 0 radical (unpaired) electrons. The number of β-amino-alcohol motifs (C(OH)–C–C–N with tert-alkyl or cyclic N) is 1. The molecule has 1 aromatic carbocycles. The number of likely N-dealkylation sites (tertiary alicyclic amines) is 2. The van der Waals surface area contributed by atoms with Crippen LogP contribution in [0, 0.1) is 0 Å². The van der Waals surface area contributed by atoms with E-state index in [9.17, 15) is 14.7 Å². The van der Waals surface area contributed by atoms with E-state index in [1.807, 2.05) is 29.2 Å². The van der Waals surface area contributed by atoms with Crippen LogP contribution in [0.2, 0.25) is 0 Å². The van der Waals surface area contributed by atoms with E-state index in [0.717, 1.165) is 61.1 Å². The number of nitrogens with one attached hydrogen (secondary N) is 2. The number of piperidine rings is 1. The summed E-state index contributed by atoms with van der Waals surface area (Å²) < 4.78 is 5.27. The van der Waals surface area contributed by atoms with Crippen LogP contribution in [-0.4, -0.2) is 81.8 Å². The maximum Gasteiger partial charge on any atom is 0.274 e. The maximum absolute atomic E-state index is 13.4. The Kier molecular flexibility index (Phi) is 8.10. The number of rotatable bonds is 6. The molecule has 5 rings (SSSR count). The Labute approximate surface area is 218 Å². The van der Waals surface area contributed by atoms with E-state index < -0.39 is 6.10 Å². The Morgan fingerprint density at radius 1 is 1.16 bits per heavy atom. The number of aryl methyl sites for hydroxylation is 1. The topological polar surface area (TPSA) is 111 Å². The summed E-state index contributed by atoms with van der Waals surface area (Å²) in [6.45, 7) is 2.17. The van der Waals surface area contributed by atoms with Crippen molar-refractivity contribution in [2.75, 3.05) is 26.7 Å². The number of nitrogens with zero attached hydrogens (tertiary/aromatic N) is 3. The Morgan fingerprint density at radius 3 is 2.73 bits per heavy atom. The fraction of sp³-hybridized carbons (Fsp3) is 0.607. The Balaban J connectivity index is 1.18. The number of amides is 2. The first-order valence-corrected chi connectivity index (χ1v) is 13.7. The largest absolute Gasteiger partial charge is 0.497 e. The van der Waals surface area contributed by atoms with Crippen molar-refractivity contribution in [3.63, 3.8) is 0 Å². The van der Waals surface area contributed by atoms with E-state index in [0.29, 0.717) is 38.3 Å².